The van der Waals surface area contributed by atoms with Crippen LogP contribution in [0, 0.1) is 0 Å². The van der Waals surface area contributed by atoms with Crippen molar-refractivity contribution in [2.24, 2.45) is 0 Å². The summed E-state index contributed by atoms with van der Waals surface area (Å²) in [6.07, 6.45) is 5.68. The van der Waals surface area contributed by atoms with E-state index in [2.05, 4.69) is 17.3 Å². The lowest BCUT2D eigenvalue weighted by Gasteiger charge is -2.48. The maximum atomic E-state index is 13.0. The summed E-state index contributed by atoms with van der Waals surface area (Å²) in [7, 11) is 2.11. The lowest BCUT2D eigenvalue weighted by molar-refractivity contribution is -0.158. The monoisotopic (exact) mass is 279 g/mol. The average molecular weight is 279 g/mol. The van der Waals surface area contributed by atoms with Gasteiger partial charge in [-0.05, 0) is 52.7 Å². The number of likely N-dealkylation sites (tertiary alicyclic amines) is 1. The third-order valence-corrected chi connectivity index (χ3v) is 5.34. The fourth-order valence-corrected chi connectivity index (χ4v) is 4.02. The molecule has 1 saturated carbocycles. The first kappa shape index (κ1) is 13.9. The minimum Gasteiger partial charge on any atom is -0.340 e. The van der Waals surface area contributed by atoms with Gasteiger partial charge >= 0.3 is 0 Å². The van der Waals surface area contributed by atoms with Gasteiger partial charge in [0.25, 0.3) is 0 Å². The number of carbonyl (C=O) groups is 2. The summed E-state index contributed by atoms with van der Waals surface area (Å²) in [5.74, 6) is 0.210. The highest BCUT2D eigenvalue weighted by Crippen LogP contribution is 2.36. The van der Waals surface area contributed by atoms with Crippen molar-refractivity contribution in [3.63, 3.8) is 0 Å². The summed E-state index contributed by atoms with van der Waals surface area (Å²) < 4.78 is 0. The highest BCUT2D eigenvalue weighted by Gasteiger charge is 2.52. The van der Waals surface area contributed by atoms with Gasteiger partial charge in [-0.1, -0.05) is 12.8 Å². The van der Waals surface area contributed by atoms with Gasteiger partial charge in [-0.3, -0.25) is 9.59 Å². The van der Waals surface area contributed by atoms with Gasteiger partial charge in [0.1, 0.15) is 11.6 Å². The molecule has 2 aliphatic heterocycles. The lowest BCUT2D eigenvalue weighted by Crippen LogP contribution is -2.71. The second-order valence-electron chi connectivity index (χ2n) is 6.70. The minimum absolute atomic E-state index is 0.0328. The van der Waals surface area contributed by atoms with Gasteiger partial charge in [-0.25, -0.2) is 0 Å². The molecule has 5 nitrogen and oxygen atoms in total. The molecular weight excluding hydrogens is 254 g/mol. The minimum atomic E-state index is -0.576. The number of amides is 2. The van der Waals surface area contributed by atoms with Crippen LogP contribution in [0.25, 0.3) is 0 Å². The second kappa shape index (κ2) is 5.02. The number of nitrogens with one attached hydrogen (secondary N) is 1. The maximum absolute atomic E-state index is 13.0. The zero-order valence-electron chi connectivity index (χ0n) is 12.5. The van der Waals surface area contributed by atoms with Crippen molar-refractivity contribution in [3.05, 3.63) is 0 Å². The zero-order chi connectivity index (χ0) is 14.3. The van der Waals surface area contributed by atoms with Crippen molar-refractivity contribution in [1.82, 2.24) is 15.1 Å². The summed E-state index contributed by atoms with van der Waals surface area (Å²) in [5, 5.41) is 3.03. The normalized spacial score (nSPS) is 31.9. The molecule has 0 aromatic heterocycles. The van der Waals surface area contributed by atoms with E-state index in [0.717, 1.165) is 51.6 Å². The molecule has 0 aromatic carbocycles. The van der Waals surface area contributed by atoms with E-state index in [4.69, 9.17) is 0 Å². The number of rotatable bonds is 1. The predicted molar refractivity (Wildman–Crippen MR) is 76.2 cm³/mol. The Labute approximate surface area is 120 Å². The van der Waals surface area contributed by atoms with Crippen LogP contribution in [0.4, 0.5) is 0 Å². The molecular formula is C15H25N3O2. The first-order chi connectivity index (χ1) is 9.53. The van der Waals surface area contributed by atoms with Crippen LogP contribution < -0.4 is 5.32 Å². The molecule has 20 heavy (non-hydrogen) atoms. The first-order valence-electron chi connectivity index (χ1n) is 7.87. The fourth-order valence-electron chi connectivity index (χ4n) is 4.02. The molecule has 1 spiro atoms. The van der Waals surface area contributed by atoms with Crippen molar-refractivity contribution in [2.45, 2.75) is 63.1 Å². The topological polar surface area (TPSA) is 52.7 Å². The van der Waals surface area contributed by atoms with E-state index in [1.54, 1.807) is 0 Å². The smallest absolute Gasteiger partial charge is 0.249 e. The standard InChI is InChI=1S/C15H25N3O2/c1-11-13(19)16-15(7-3-4-8-15)14(20)18(11)12-5-9-17(2)10-6-12/h11-12H,3-10H2,1-2H3,(H,16,19). The largest absolute Gasteiger partial charge is 0.340 e. The molecule has 2 saturated heterocycles. The molecule has 1 atom stereocenters. The van der Waals surface area contributed by atoms with Crippen LogP contribution in [0.3, 0.4) is 0 Å². The summed E-state index contributed by atoms with van der Waals surface area (Å²) in [6.45, 7) is 3.89. The van der Waals surface area contributed by atoms with E-state index in [-0.39, 0.29) is 23.9 Å². The predicted octanol–water partition coefficient (Wildman–Crippen LogP) is 0.740. The maximum Gasteiger partial charge on any atom is 0.249 e. The van der Waals surface area contributed by atoms with Crippen LogP contribution >= 0.6 is 0 Å². The number of nitrogens with zero attached hydrogens (tertiary/aromatic N) is 2. The van der Waals surface area contributed by atoms with E-state index in [0.29, 0.717) is 0 Å². The third kappa shape index (κ3) is 2.12. The van der Waals surface area contributed by atoms with Crippen molar-refractivity contribution in [1.29, 1.82) is 0 Å². The van der Waals surface area contributed by atoms with Gasteiger partial charge in [0, 0.05) is 6.04 Å². The van der Waals surface area contributed by atoms with Crippen molar-refractivity contribution in [2.75, 3.05) is 20.1 Å². The Balaban J connectivity index is 1.83. The van der Waals surface area contributed by atoms with Gasteiger partial charge in [0.15, 0.2) is 0 Å². The summed E-state index contributed by atoms with van der Waals surface area (Å²) in [5.41, 5.74) is -0.576. The molecule has 3 fully saturated rings. The van der Waals surface area contributed by atoms with Gasteiger partial charge in [0.2, 0.25) is 11.8 Å². The Bertz CT molecular complexity index is 409. The van der Waals surface area contributed by atoms with Crippen LogP contribution in [0.15, 0.2) is 0 Å². The molecule has 3 aliphatic rings. The van der Waals surface area contributed by atoms with Gasteiger partial charge < -0.3 is 15.1 Å². The molecule has 0 aromatic rings. The Kier molecular flexibility index (Phi) is 3.48. The van der Waals surface area contributed by atoms with Crippen molar-refractivity contribution in [3.8, 4) is 0 Å². The quantitative estimate of drug-likeness (QED) is 0.770. The van der Waals surface area contributed by atoms with E-state index in [9.17, 15) is 9.59 Å². The second-order valence-corrected chi connectivity index (χ2v) is 6.70. The molecule has 0 bridgehead atoms. The Morgan fingerprint density at radius 1 is 1.15 bits per heavy atom. The van der Waals surface area contributed by atoms with E-state index in [1.807, 2.05) is 11.8 Å². The highest BCUT2D eigenvalue weighted by atomic mass is 16.2. The molecule has 2 amide bonds. The highest BCUT2D eigenvalue weighted by molar-refractivity contribution is 6.00. The number of hydrogen-bond acceptors (Lipinski definition) is 3. The van der Waals surface area contributed by atoms with E-state index < -0.39 is 5.54 Å². The number of carbonyl (C=O) groups excluding carboxylic acids is 2. The summed E-state index contributed by atoms with van der Waals surface area (Å²) in [6, 6.07) is -0.0839. The van der Waals surface area contributed by atoms with E-state index >= 15 is 0 Å². The van der Waals surface area contributed by atoms with E-state index in [1.165, 1.54) is 0 Å². The van der Waals surface area contributed by atoms with Crippen LogP contribution in [-0.4, -0.2) is 59.4 Å². The molecule has 112 valence electrons. The molecule has 1 unspecified atom stereocenters. The lowest BCUT2D eigenvalue weighted by atomic mass is 9.88. The van der Waals surface area contributed by atoms with Gasteiger partial charge in [-0.15, -0.1) is 0 Å². The Hall–Kier alpha value is -1.10. The van der Waals surface area contributed by atoms with Gasteiger partial charge in [-0.2, -0.15) is 0 Å². The SMILES string of the molecule is CC1C(=O)NC2(CCCC2)C(=O)N1C1CCN(C)CC1. The molecule has 0 radical (unpaired) electrons. The van der Waals surface area contributed by atoms with Crippen molar-refractivity contribution < 1.29 is 9.59 Å². The first-order valence-corrected chi connectivity index (χ1v) is 7.87. The molecule has 2 heterocycles. The fraction of sp³-hybridized carbons (Fsp3) is 0.867. The average Bonchev–Trinajstić information content (AvgIpc) is 2.89. The van der Waals surface area contributed by atoms with Crippen LogP contribution in [-0.2, 0) is 9.59 Å². The molecule has 5 heteroatoms. The number of hydrogen-bond donors (Lipinski definition) is 1. The molecule has 3 rings (SSSR count). The third-order valence-electron chi connectivity index (χ3n) is 5.34. The zero-order valence-corrected chi connectivity index (χ0v) is 12.5. The summed E-state index contributed by atoms with van der Waals surface area (Å²) >= 11 is 0. The molecule has 1 N–H and O–H groups in total. The Morgan fingerprint density at radius 2 is 1.75 bits per heavy atom. The van der Waals surface area contributed by atoms with Crippen molar-refractivity contribution >= 4 is 11.8 Å². The molecule has 1 aliphatic carbocycles. The van der Waals surface area contributed by atoms with Crippen LogP contribution in [0.1, 0.15) is 45.4 Å². The van der Waals surface area contributed by atoms with Crippen LogP contribution in [0.2, 0.25) is 0 Å². The van der Waals surface area contributed by atoms with Crippen LogP contribution in [0.5, 0.6) is 0 Å². The number of piperidine rings is 1. The Morgan fingerprint density at radius 3 is 2.35 bits per heavy atom. The summed E-state index contributed by atoms with van der Waals surface area (Å²) in [4.78, 5) is 29.5. The van der Waals surface area contributed by atoms with Gasteiger partial charge in [0.05, 0.1) is 0 Å². The number of piperazine rings is 1.